The SMILES string of the molecule is COc1cc(C(=O)CC[Si](C)(C)C)cc(OC)c1OC. The van der Waals surface area contributed by atoms with Crippen molar-refractivity contribution in [2.75, 3.05) is 21.3 Å². The summed E-state index contributed by atoms with van der Waals surface area (Å²) in [7, 11) is 3.42. The van der Waals surface area contributed by atoms with Gasteiger partial charge in [0, 0.05) is 20.1 Å². The van der Waals surface area contributed by atoms with Crippen molar-refractivity contribution in [3.63, 3.8) is 0 Å². The smallest absolute Gasteiger partial charge is 0.203 e. The molecule has 0 unspecified atom stereocenters. The first-order valence-corrected chi connectivity index (χ1v) is 10.4. The highest BCUT2D eigenvalue weighted by Gasteiger charge is 2.19. The zero-order valence-corrected chi connectivity index (χ0v) is 14.2. The van der Waals surface area contributed by atoms with E-state index in [1.165, 1.54) is 0 Å². The van der Waals surface area contributed by atoms with Gasteiger partial charge in [-0.1, -0.05) is 25.7 Å². The highest BCUT2D eigenvalue weighted by atomic mass is 28.3. The molecule has 0 fully saturated rings. The topological polar surface area (TPSA) is 44.8 Å². The maximum atomic E-state index is 12.3. The number of carbonyl (C=O) groups is 1. The first-order chi connectivity index (χ1) is 9.32. The van der Waals surface area contributed by atoms with E-state index in [-0.39, 0.29) is 5.78 Å². The van der Waals surface area contributed by atoms with Crippen LogP contribution in [0.1, 0.15) is 16.8 Å². The van der Waals surface area contributed by atoms with Gasteiger partial charge in [-0.25, -0.2) is 0 Å². The van der Waals surface area contributed by atoms with Crippen LogP contribution in [0.4, 0.5) is 0 Å². The minimum Gasteiger partial charge on any atom is -0.493 e. The number of hydrogen-bond donors (Lipinski definition) is 0. The van der Waals surface area contributed by atoms with Gasteiger partial charge in [-0.2, -0.15) is 0 Å². The Labute approximate surface area is 122 Å². The molecule has 0 radical (unpaired) electrons. The fraction of sp³-hybridized carbons (Fsp3) is 0.533. The molecule has 4 nitrogen and oxygen atoms in total. The second-order valence-electron chi connectivity index (χ2n) is 5.90. The van der Waals surface area contributed by atoms with Crippen LogP contribution in [-0.2, 0) is 0 Å². The van der Waals surface area contributed by atoms with Crippen molar-refractivity contribution in [2.24, 2.45) is 0 Å². The van der Waals surface area contributed by atoms with Crippen molar-refractivity contribution in [2.45, 2.75) is 32.1 Å². The van der Waals surface area contributed by atoms with Crippen LogP contribution in [-0.4, -0.2) is 35.2 Å². The Morgan fingerprint density at radius 3 is 1.85 bits per heavy atom. The average molecular weight is 296 g/mol. The van der Waals surface area contributed by atoms with E-state index in [4.69, 9.17) is 14.2 Å². The summed E-state index contributed by atoms with van der Waals surface area (Å²) in [6.07, 6.45) is 0.564. The number of benzene rings is 1. The zero-order chi connectivity index (χ0) is 15.3. The van der Waals surface area contributed by atoms with Crippen LogP contribution in [0.2, 0.25) is 25.7 Å². The summed E-state index contributed by atoms with van der Waals surface area (Å²) >= 11 is 0. The van der Waals surface area contributed by atoms with Gasteiger partial charge in [0.25, 0.3) is 0 Å². The Morgan fingerprint density at radius 2 is 1.50 bits per heavy atom. The van der Waals surface area contributed by atoms with Gasteiger partial charge in [0.05, 0.1) is 21.3 Å². The van der Waals surface area contributed by atoms with Crippen LogP contribution in [0.5, 0.6) is 17.2 Å². The first kappa shape index (κ1) is 16.6. The molecule has 112 valence electrons. The number of ketones is 1. The van der Waals surface area contributed by atoms with Gasteiger partial charge in [-0.05, 0) is 12.1 Å². The minimum atomic E-state index is -1.22. The fourth-order valence-corrected chi connectivity index (χ4v) is 2.85. The zero-order valence-electron chi connectivity index (χ0n) is 13.2. The molecule has 0 aliphatic rings. The van der Waals surface area contributed by atoms with Crippen molar-refractivity contribution in [1.29, 1.82) is 0 Å². The monoisotopic (exact) mass is 296 g/mol. The molecule has 0 amide bonds. The maximum absolute atomic E-state index is 12.3. The summed E-state index contributed by atoms with van der Waals surface area (Å²) in [5.41, 5.74) is 0.609. The molecule has 0 spiro atoms. The van der Waals surface area contributed by atoms with E-state index in [2.05, 4.69) is 19.6 Å². The number of rotatable bonds is 7. The van der Waals surface area contributed by atoms with Gasteiger partial charge in [-0.15, -0.1) is 0 Å². The Hall–Kier alpha value is -1.49. The Kier molecular flexibility index (Phi) is 5.62. The lowest BCUT2D eigenvalue weighted by molar-refractivity contribution is 0.0987. The lowest BCUT2D eigenvalue weighted by atomic mass is 10.1. The van der Waals surface area contributed by atoms with E-state index in [1.54, 1.807) is 33.5 Å². The third kappa shape index (κ3) is 4.26. The average Bonchev–Trinajstić information content (AvgIpc) is 2.42. The standard InChI is InChI=1S/C15H24O4Si/c1-17-13-9-11(10-14(18-2)15(13)19-3)12(16)7-8-20(4,5)6/h9-10H,7-8H2,1-6H3. The Balaban J connectivity index is 3.04. The minimum absolute atomic E-state index is 0.117. The van der Waals surface area contributed by atoms with Crippen molar-refractivity contribution in [1.82, 2.24) is 0 Å². The van der Waals surface area contributed by atoms with E-state index < -0.39 is 8.07 Å². The van der Waals surface area contributed by atoms with Gasteiger partial charge < -0.3 is 14.2 Å². The molecule has 0 saturated carbocycles. The van der Waals surface area contributed by atoms with Crippen molar-refractivity contribution in [3.05, 3.63) is 17.7 Å². The maximum Gasteiger partial charge on any atom is 0.203 e. The Morgan fingerprint density at radius 1 is 1.00 bits per heavy atom. The highest BCUT2D eigenvalue weighted by Crippen LogP contribution is 2.38. The van der Waals surface area contributed by atoms with Crippen LogP contribution < -0.4 is 14.2 Å². The number of Topliss-reactive ketones (excluding diaryl/α,β-unsaturated/α-hetero) is 1. The molecule has 0 heterocycles. The molecule has 5 heteroatoms. The van der Waals surface area contributed by atoms with Crippen molar-refractivity contribution >= 4 is 13.9 Å². The summed E-state index contributed by atoms with van der Waals surface area (Å²) < 4.78 is 15.8. The molecule has 0 N–H and O–H groups in total. The van der Waals surface area contributed by atoms with E-state index in [0.29, 0.717) is 29.2 Å². The molecule has 0 atom stereocenters. The predicted molar refractivity (Wildman–Crippen MR) is 83.2 cm³/mol. The van der Waals surface area contributed by atoms with Crippen LogP contribution in [0.3, 0.4) is 0 Å². The number of carbonyl (C=O) groups excluding carboxylic acids is 1. The second-order valence-corrected chi connectivity index (χ2v) is 11.5. The molecular weight excluding hydrogens is 272 g/mol. The molecule has 1 aromatic rings. The van der Waals surface area contributed by atoms with Crippen molar-refractivity contribution < 1.29 is 19.0 Å². The van der Waals surface area contributed by atoms with E-state index in [9.17, 15) is 4.79 Å². The largest absolute Gasteiger partial charge is 0.493 e. The second kappa shape index (κ2) is 6.79. The number of methoxy groups -OCH3 is 3. The molecule has 1 aromatic carbocycles. The number of hydrogen-bond acceptors (Lipinski definition) is 4. The van der Waals surface area contributed by atoms with Gasteiger partial charge >= 0.3 is 0 Å². The molecule has 0 saturated heterocycles. The summed E-state index contributed by atoms with van der Waals surface area (Å²) in [4.78, 5) is 12.3. The first-order valence-electron chi connectivity index (χ1n) is 6.65. The van der Waals surface area contributed by atoms with E-state index in [0.717, 1.165) is 6.04 Å². The van der Waals surface area contributed by atoms with Crippen LogP contribution in [0.25, 0.3) is 0 Å². The molecule has 1 rings (SSSR count). The molecule has 0 aliphatic heterocycles. The van der Waals surface area contributed by atoms with Crippen LogP contribution in [0, 0.1) is 0 Å². The van der Waals surface area contributed by atoms with E-state index in [1.807, 2.05) is 0 Å². The summed E-state index contributed by atoms with van der Waals surface area (Å²) in [5, 5.41) is 0. The molecular formula is C15H24O4Si. The highest BCUT2D eigenvalue weighted by molar-refractivity contribution is 6.76. The molecule has 0 aliphatic carbocycles. The predicted octanol–water partition coefficient (Wildman–Crippen LogP) is 3.62. The third-order valence-electron chi connectivity index (χ3n) is 3.09. The molecule has 20 heavy (non-hydrogen) atoms. The van der Waals surface area contributed by atoms with Gasteiger partial charge in [-0.3, -0.25) is 4.79 Å². The third-order valence-corrected chi connectivity index (χ3v) is 4.84. The lowest BCUT2D eigenvalue weighted by Gasteiger charge is -2.16. The Bertz CT molecular complexity index is 452. The van der Waals surface area contributed by atoms with Crippen LogP contribution in [0.15, 0.2) is 12.1 Å². The van der Waals surface area contributed by atoms with Crippen LogP contribution >= 0.6 is 0 Å². The van der Waals surface area contributed by atoms with Gasteiger partial charge in [0.15, 0.2) is 17.3 Å². The van der Waals surface area contributed by atoms with Crippen molar-refractivity contribution in [3.8, 4) is 17.2 Å². The van der Waals surface area contributed by atoms with E-state index >= 15 is 0 Å². The summed E-state index contributed by atoms with van der Waals surface area (Å²) in [6.45, 7) is 6.78. The molecule has 0 bridgehead atoms. The summed E-state index contributed by atoms with van der Waals surface area (Å²) in [6, 6.07) is 4.41. The van der Waals surface area contributed by atoms with Gasteiger partial charge in [0.1, 0.15) is 0 Å². The van der Waals surface area contributed by atoms with Gasteiger partial charge in [0.2, 0.25) is 5.75 Å². The fourth-order valence-electron chi connectivity index (χ4n) is 1.87. The normalized spacial score (nSPS) is 11.1. The summed E-state index contributed by atoms with van der Waals surface area (Å²) in [5.74, 6) is 1.66. The quantitative estimate of drug-likeness (QED) is 0.569. The number of ether oxygens (including phenoxy) is 3. The molecule has 0 aromatic heterocycles. The lowest BCUT2D eigenvalue weighted by Crippen LogP contribution is -2.20.